The van der Waals surface area contributed by atoms with E-state index in [0.717, 1.165) is 54.7 Å². The Morgan fingerprint density at radius 2 is 1.87 bits per heavy atom. The third-order valence-corrected chi connectivity index (χ3v) is 6.04. The number of halogens is 1. The topological polar surface area (TPSA) is 77.1 Å². The molecule has 0 aliphatic heterocycles. The van der Waals surface area contributed by atoms with Crippen molar-refractivity contribution in [2.75, 3.05) is 0 Å². The van der Waals surface area contributed by atoms with Gasteiger partial charge >= 0.3 is 0 Å². The summed E-state index contributed by atoms with van der Waals surface area (Å²) >= 11 is 6.07. The number of rotatable bonds is 4. The maximum Gasteiger partial charge on any atom is 0.272 e. The molecule has 0 fully saturated rings. The zero-order valence-electron chi connectivity index (χ0n) is 17.3. The number of amides is 1. The van der Waals surface area contributed by atoms with Crippen molar-refractivity contribution >= 4 is 23.2 Å². The molecule has 158 valence electrons. The van der Waals surface area contributed by atoms with Gasteiger partial charge in [0.25, 0.3) is 5.91 Å². The molecular weight excluding hydrogens is 412 g/mol. The van der Waals surface area contributed by atoms with Crippen LogP contribution in [-0.2, 0) is 12.8 Å². The second kappa shape index (κ2) is 8.15. The minimum atomic E-state index is -0.313. The number of nitrogens with one attached hydrogen (secondary N) is 1. The van der Waals surface area contributed by atoms with Crippen LogP contribution in [0.15, 0.2) is 48.7 Å². The molecule has 3 aromatic heterocycles. The van der Waals surface area contributed by atoms with Crippen LogP contribution in [0.3, 0.4) is 0 Å². The number of hydrogen-bond donors (Lipinski definition) is 1. The van der Waals surface area contributed by atoms with Crippen LogP contribution in [0.4, 0.5) is 0 Å². The molecule has 5 rings (SSSR count). The number of aromatic nitrogens is 5. The number of carbonyl (C=O) groups is 1. The molecule has 0 radical (unpaired) electrons. The smallest absolute Gasteiger partial charge is 0.272 e. The fourth-order valence-electron chi connectivity index (χ4n) is 4.24. The summed E-state index contributed by atoms with van der Waals surface area (Å²) in [5, 5.41) is 17.0. The van der Waals surface area contributed by atoms with Gasteiger partial charge in [-0.3, -0.25) is 9.20 Å². The minimum Gasteiger partial charge on any atom is -0.341 e. The summed E-state index contributed by atoms with van der Waals surface area (Å²) in [6, 6.07) is 13.0. The van der Waals surface area contributed by atoms with E-state index in [-0.39, 0.29) is 11.9 Å². The Kier molecular flexibility index (Phi) is 5.19. The van der Waals surface area contributed by atoms with Gasteiger partial charge in [0.15, 0.2) is 17.2 Å². The van der Waals surface area contributed by atoms with E-state index in [4.69, 9.17) is 16.7 Å². The SMILES string of the molecule is CC(NC(=O)c1nn(-c2ccc(Cl)cc2)c2c1CCCCC2)c1nnc2ccccn12. The molecule has 8 heteroatoms. The van der Waals surface area contributed by atoms with E-state index >= 15 is 0 Å². The lowest BCUT2D eigenvalue weighted by Gasteiger charge is -2.12. The summed E-state index contributed by atoms with van der Waals surface area (Å²) < 4.78 is 3.79. The number of carbonyl (C=O) groups excluding carboxylic acids is 1. The average Bonchev–Trinajstić information content (AvgIpc) is 3.28. The van der Waals surface area contributed by atoms with Gasteiger partial charge in [-0.1, -0.05) is 24.1 Å². The van der Waals surface area contributed by atoms with Crippen LogP contribution < -0.4 is 5.32 Å². The lowest BCUT2D eigenvalue weighted by molar-refractivity contribution is 0.0931. The fraction of sp³-hybridized carbons (Fsp3) is 0.304. The van der Waals surface area contributed by atoms with E-state index in [1.165, 1.54) is 0 Å². The zero-order valence-corrected chi connectivity index (χ0v) is 18.0. The number of benzene rings is 1. The first-order valence-electron chi connectivity index (χ1n) is 10.6. The van der Waals surface area contributed by atoms with Crippen LogP contribution in [0, 0.1) is 0 Å². The van der Waals surface area contributed by atoms with Gasteiger partial charge in [0, 0.05) is 22.5 Å². The molecule has 1 unspecified atom stereocenters. The van der Waals surface area contributed by atoms with Crippen molar-refractivity contribution < 1.29 is 4.79 Å². The van der Waals surface area contributed by atoms with Crippen LogP contribution in [0.5, 0.6) is 0 Å². The molecule has 1 N–H and O–H groups in total. The molecule has 4 aromatic rings. The standard InChI is InChI=1S/C23H23ClN6O/c1-15(22-27-26-20-9-5-6-14-29(20)22)25-23(31)21-18-7-3-2-4-8-19(18)30(28-21)17-12-10-16(24)11-13-17/h5-6,9-15H,2-4,7-8H2,1H3,(H,25,31). The molecule has 1 atom stereocenters. The van der Waals surface area contributed by atoms with Crippen LogP contribution in [-0.4, -0.2) is 30.3 Å². The van der Waals surface area contributed by atoms with E-state index in [2.05, 4.69) is 15.5 Å². The summed E-state index contributed by atoms with van der Waals surface area (Å²) in [7, 11) is 0. The first-order valence-corrected chi connectivity index (χ1v) is 11.0. The molecular formula is C23H23ClN6O. The lowest BCUT2D eigenvalue weighted by Crippen LogP contribution is -2.29. The van der Waals surface area contributed by atoms with Crippen LogP contribution in [0.2, 0.25) is 5.02 Å². The van der Waals surface area contributed by atoms with E-state index in [1.807, 2.05) is 64.7 Å². The molecule has 1 aliphatic rings. The number of fused-ring (bicyclic) bond motifs is 2. The highest BCUT2D eigenvalue weighted by molar-refractivity contribution is 6.30. The van der Waals surface area contributed by atoms with Crippen molar-refractivity contribution in [3.05, 3.63) is 76.5 Å². The van der Waals surface area contributed by atoms with Crippen molar-refractivity contribution in [3.8, 4) is 5.69 Å². The molecule has 31 heavy (non-hydrogen) atoms. The van der Waals surface area contributed by atoms with Crippen LogP contribution >= 0.6 is 11.6 Å². The first-order chi connectivity index (χ1) is 15.1. The summed E-state index contributed by atoms with van der Waals surface area (Å²) in [6.07, 6.45) is 6.96. The molecule has 1 amide bonds. The Labute approximate surface area is 185 Å². The Hall–Kier alpha value is -3.19. The number of pyridine rings is 1. The lowest BCUT2D eigenvalue weighted by atomic mass is 10.1. The summed E-state index contributed by atoms with van der Waals surface area (Å²) in [5.41, 5.74) is 4.32. The maximum atomic E-state index is 13.3. The van der Waals surface area contributed by atoms with Gasteiger partial charge in [0.2, 0.25) is 0 Å². The highest BCUT2D eigenvalue weighted by Crippen LogP contribution is 2.27. The molecule has 0 saturated carbocycles. The third-order valence-electron chi connectivity index (χ3n) is 5.79. The van der Waals surface area contributed by atoms with Gasteiger partial charge in [-0.25, -0.2) is 4.68 Å². The van der Waals surface area contributed by atoms with Crippen molar-refractivity contribution in [2.45, 2.75) is 45.1 Å². The summed E-state index contributed by atoms with van der Waals surface area (Å²) in [5.74, 6) is 0.498. The zero-order chi connectivity index (χ0) is 21.4. The van der Waals surface area contributed by atoms with Crippen molar-refractivity contribution in [1.82, 2.24) is 29.7 Å². The monoisotopic (exact) mass is 434 g/mol. The molecule has 0 spiro atoms. The Morgan fingerprint density at radius 1 is 1.06 bits per heavy atom. The van der Waals surface area contributed by atoms with E-state index in [9.17, 15) is 4.79 Å². The molecule has 0 bridgehead atoms. The van der Waals surface area contributed by atoms with E-state index in [0.29, 0.717) is 16.5 Å². The molecule has 0 saturated heterocycles. The quantitative estimate of drug-likeness (QED) is 0.485. The number of nitrogens with zero attached hydrogens (tertiary/aromatic N) is 5. The Balaban J connectivity index is 1.49. The second-order valence-corrected chi connectivity index (χ2v) is 8.34. The highest BCUT2D eigenvalue weighted by Gasteiger charge is 2.26. The van der Waals surface area contributed by atoms with Gasteiger partial charge in [-0.2, -0.15) is 5.10 Å². The van der Waals surface area contributed by atoms with Crippen molar-refractivity contribution in [2.24, 2.45) is 0 Å². The van der Waals surface area contributed by atoms with Crippen molar-refractivity contribution in [1.29, 1.82) is 0 Å². The third kappa shape index (κ3) is 3.70. The van der Waals surface area contributed by atoms with Gasteiger partial charge in [-0.05, 0) is 69.0 Å². The normalized spacial score (nSPS) is 14.8. The molecule has 1 aromatic carbocycles. The van der Waals surface area contributed by atoms with Gasteiger partial charge in [0.05, 0.1) is 11.7 Å². The van der Waals surface area contributed by atoms with E-state index in [1.54, 1.807) is 0 Å². The second-order valence-electron chi connectivity index (χ2n) is 7.90. The molecule has 7 nitrogen and oxygen atoms in total. The van der Waals surface area contributed by atoms with Gasteiger partial charge in [0.1, 0.15) is 0 Å². The van der Waals surface area contributed by atoms with E-state index < -0.39 is 0 Å². The molecule has 1 aliphatic carbocycles. The molecule has 3 heterocycles. The van der Waals surface area contributed by atoms with Gasteiger partial charge in [-0.15, -0.1) is 10.2 Å². The fourth-order valence-corrected chi connectivity index (χ4v) is 4.36. The first kappa shape index (κ1) is 19.8. The predicted octanol–water partition coefficient (Wildman–Crippen LogP) is 4.33. The van der Waals surface area contributed by atoms with Crippen molar-refractivity contribution in [3.63, 3.8) is 0 Å². The summed E-state index contributed by atoms with van der Waals surface area (Å²) in [6.45, 7) is 1.91. The predicted molar refractivity (Wildman–Crippen MR) is 119 cm³/mol. The summed E-state index contributed by atoms with van der Waals surface area (Å²) in [4.78, 5) is 13.3. The van der Waals surface area contributed by atoms with Gasteiger partial charge < -0.3 is 5.32 Å². The minimum absolute atomic E-state index is 0.189. The Bertz CT molecular complexity index is 1240. The maximum absolute atomic E-state index is 13.3. The van der Waals surface area contributed by atoms with Crippen LogP contribution in [0.1, 0.15) is 59.8 Å². The Morgan fingerprint density at radius 3 is 2.71 bits per heavy atom. The highest BCUT2D eigenvalue weighted by atomic mass is 35.5. The largest absolute Gasteiger partial charge is 0.341 e. The number of hydrogen-bond acceptors (Lipinski definition) is 4. The average molecular weight is 435 g/mol. The van der Waals surface area contributed by atoms with Crippen LogP contribution in [0.25, 0.3) is 11.3 Å².